The van der Waals surface area contributed by atoms with Gasteiger partial charge in [0.2, 0.25) is 0 Å². The topological polar surface area (TPSA) is 101 Å². The molecule has 0 unspecified atom stereocenters. The third kappa shape index (κ3) is 5.04. The predicted molar refractivity (Wildman–Crippen MR) is 110 cm³/mol. The largest absolute Gasteiger partial charge is 0.346 e. The van der Waals surface area contributed by atoms with Crippen LogP contribution >= 0.6 is 0 Å². The normalized spacial score (nSPS) is 11.3. The number of hydrogen-bond donors (Lipinski definition) is 2. The van der Waals surface area contributed by atoms with Crippen molar-refractivity contribution >= 4 is 23.2 Å². The number of carbonyl (C=O) groups is 2. The van der Waals surface area contributed by atoms with E-state index in [-0.39, 0.29) is 17.6 Å². The number of hydrogen-bond acceptors (Lipinski definition) is 4. The summed E-state index contributed by atoms with van der Waals surface area (Å²) in [6, 6.07) is 21.3. The maximum absolute atomic E-state index is 12.4. The zero-order valence-electron chi connectivity index (χ0n) is 15.7. The lowest BCUT2D eigenvalue weighted by atomic mass is 10.1. The van der Waals surface area contributed by atoms with Crippen LogP contribution in [-0.2, 0) is 0 Å². The molecule has 0 aromatic heterocycles. The fourth-order valence-corrected chi connectivity index (χ4v) is 2.75. The highest BCUT2D eigenvalue weighted by Gasteiger charge is 2.13. The van der Waals surface area contributed by atoms with Gasteiger partial charge in [-0.05, 0) is 48.9 Å². The Morgan fingerprint density at radius 3 is 1.97 bits per heavy atom. The maximum Gasteiger partial charge on any atom is 0.269 e. The Bertz CT molecular complexity index is 1020. The summed E-state index contributed by atoms with van der Waals surface area (Å²) in [4.78, 5) is 34.8. The molecule has 3 aromatic rings. The van der Waals surface area contributed by atoms with Crippen LogP contribution in [0.4, 0.5) is 11.4 Å². The van der Waals surface area contributed by atoms with E-state index in [0.29, 0.717) is 16.8 Å². The van der Waals surface area contributed by atoms with E-state index in [2.05, 4.69) is 10.6 Å². The van der Waals surface area contributed by atoms with Gasteiger partial charge in [0.05, 0.1) is 11.0 Å². The fraction of sp³-hybridized carbons (Fsp3) is 0.0909. The molecule has 7 heteroatoms. The van der Waals surface area contributed by atoms with E-state index < -0.39 is 10.8 Å². The van der Waals surface area contributed by atoms with Gasteiger partial charge in [0, 0.05) is 28.9 Å². The molecule has 0 fully saturated rings. The lowest BCUT2D eigenvalue weighted by molar-refractivity contribution is -0.384. The van der Waals surface area contributed by atoms with E-state index in [1.165, 1.54) is 24.3 Å². The van der Waals surface area contributed by atoms with E-state index in [1.807, 2.05) is 37.3 Å². The molecule has 2 N–H and O–H groups in total. The highest BCUT2D eigenvalue weighted by atomic mass is 16.6. The average Bonchev–Trinajstić information content (AvgIpc) is 2.74. The second-order valence-corrected chi connectivity index (χ2v) is 6.44. The van der Waals surface area contributed by atoms with Crippen LogP contribution in [-0.4, -0.2) is 16.7 Å². The summed E-state index contributed by atoms with van der Waals surface area (Å²) in [6.07, 6.45) is 0. The maximum atomic E-state index is 12.4. The van der Waals surface area contributed by atoms with Crippen LogP contribution in [0.2, 0.25) is 0 Å². The minimum absolute atomic E-state index is 0.0818. The lowest BCUT2D eigenvalue weighted by Crippen LogP contribution is -2.26. The molecule has 3 rings (SSSR count). The molecule has 0 aliphatic rings. The number of non-ortho nitro benzene ring substituents is 1. The third-order valence-electron chi connectivity index (χ3n) is 4.39. The van der Waals surface area contributed by atoms with Gasteiger partial charge in [-0.1, -0.05) is 30.3 Å². The third-order valence-corrected chi connectivity index (χ3v) is 4.39. The highest BCUT2D eigenvalue weighted by molar-refractivity contribution is 6.04. The Morgan fingerprint density at radius 2 is 1.38 bits per heavy atom. The van der Waals surface area contributed by atoms with Crippen LogP contribution in [0.3, 0.4) is 0 Å². The molecule has 0 aliphatic carbocycles. The van der Waals surface area contributed by atoms with Crippen LogP contribution in [0.15, 0.2) is 78.9 Å². The van der Waals surface area contributed by atoms with Gasteiger partial charge in [-0.15, -0.1) is 0 Å². The van der Waals surface area contributed by atoms with Crippen LogP contribution in [0.25, 0.3) is 0 Å². The summed E-state index contributed by atoms with van der Waals surface area (Å²) in [7, 11) is 0. The number of amides is 2. The summed E-state index contributed by atoms with van der Waals surface area (Å²) in [6.45, 7) is 1.91. The van der Waals surface area contributed by atoms with E-state index in [1.54, 1.807) is 24.3 Å². The molecule has 2 amide bonds. The molecular formula is C22H19N3O4. The number of nitrogens with one attached hydrogen (secondary N) is 2. The van der Waals surface area contributed by atoms with Gasteiger partial charge >= 0.3 is 0 Å². The first-order valence-corrected chi connectivity index (χ1v) is 8.96. The molecule has 0 bridgehead atoms. The summed E-state index contributed by atoms with van der Waals surface area (Å²) >= 11 is 0. The average molecular weight is 389 g/mol. The second-order valence-electron chi connectivity index (χ2n) is 6.44. The molecule has 0 aliphatic heterocycles. The summed E-state index contributed by atoms with van der Waals surface area (Å²) in [5.74, 6) is -0.607. The Balaban J connectivity index is 1.61. The second kappa shape index (κ2) is 8.79. The van der Waals surface area contributed by atoms with Gasteiger partial charge in [-0.25, -0.2) is 0 Å². The summed E-state index contributed by atoms with van der Waals surface area (Å²) in [5.41, 5.74) is 2.21. The SMILES string of the molecule is C[C@@H](NC(=O)c1ccc(NC(=O)c2ccc([N+](=O)[O-])cc2)cc1)c1ccccc1. The van der Waals surface area contributed by atoms with Crippen molar-refractivity contribution in [2.75, 3.05) is 5.32 Å². The van der Waals surface area contributed by atoms with Gasteiger partial charge in [0.25, 0.3) is 17.5 Å². The van der Waals surface area contributed by atoms with Crippen molar-refractivity contribution in [2.45, 2.75) is 13.0 Å². The van der Waals surface area contributed by atoms with Crippen LogP contribution in [0.1, 0.15) is 39.2 Å². The zero-order chi connectivity index (χ0) is 20.8. The zero-order valence-corrected chi connectivity index (χ0v) is 15.7. The Morgan fingerprint density at radius 1 is 0.828 bits per heavy atom. The Hall–Kier alpha value is -4.00. The van der Waals surface area contributed by atoms with E-state index >= 15 is 0 Å². The van der Waals surface area contributed by atoms with Crippen molar-refractivity contribution in [3.05, 3.63) is 106 Å². The number of nitrogens with zero attached hydrogens (tertiary/aromatic N) is 1. The molecule has 7 nitrogen and oxygen atoms in total. The summed E-state index contributed by atoms with van der Waals surface area (Å²) < 4.78 is 0. The van der Waals surface area contributed by atoms with Crippen molar-refractivity contribution in [3.63, 3.8) is 0 Å². The monoisotopic (exact) mass is 389 g/mol. The van der Waals surface area contributed by atoms with E-state index in [0.717, 1.165) is 5.56 Å². The first-order valence-electron chi connectivity index (χ1n) is 8.96. The Kier molecular flexibility index (Phi) is 5.99. The standard InChI is InChI=1S/C22H19N3O4/c1-15(16-5-3-2-4-6-16)23-21(26)17-7-11-19(12-8-17)24-22(27)18-9-13-20(14-10-18)25(28)29/h2-15H,1H3,(H,23,26)(H,24,27)/t15-/m1/s1. The fourth-order valence-electron chi connectivity index (χ4n) is 2.75. The predicted octanol–water partition coefficient (Wildman–Crippen LogP) is 4.34. The number of benzene rings is 3. The molecule has 0 spiro atoms. The van der Waals surface area contributed by atoms with Crippen molar-refractivity contribution in [3.8, 4) is 0 Å². The molecule has 0 heterocycles. The molecule has 0 saturated carbocycles. The number of carbonyl (C=O) groups excluding carboxylic acids is 2. The van der Waals surface area contributed by atoms with Crippen LogP contribution < -0.4 is 10.6 Å². The Labute approximate surface area is 167 Å². The van der Waals surface area contributed by atoms with Gasteiger partial charge in [0.15, 0.2) is 0 Å². The van der Waals surface area contributed by atoms with Crippen molar-refractivity contribution in [1.29, 1.82) is 0 Å². The van der Waals surface area contributed by atoms with Gasteiger partial charge in [-0.3, -0.25) is 19.7 Å². The molecule has 0 radical (unpaired) electrons. The van der Waals surface area contributed by atoms with Gasteiger partial charge < -0.3 is 10.6 Å². The van der Waals surface area contributed by atoms with Crippen LogP contribution in [0, 0.1) is 10.1 Å². The van der Waals surface area contributed by atoms with Gasteiger partial charge in [-0.2, -0.15) is 0 Å². The van der Waals surface area contributed by atoms with Gasteiger partial charge in [0.1, 0.15) is 0 Å². The molecule has 3 aromatic carbocycles. The smallest absolute Gasteiger partial charge is 0.269 e. The molecule has 146 valence electrons. The molecule has 0 saturated heterocycles. The number of nitro benzene ring substituents is 1. The molecular weight excluding hydrogens is 370 g/mol. The number of nitro groups is 1. The molecule has 29 heavy (non-hydrogen) atoms. The first kappa shape index (κ1) is 19.8. The van der Waals surface area contributed by atoms with E-state index in [9.17, 15) is 19.7 Å². The first-order chi connectivity index (χ1) is 13.9. The van der Waals surface area contributed by atoms with Crippen molar-refractivity contribution in [1.82, 2.24) is 5.32 Å². The lowest BCUT2D eigenvalue weighted by Gasteiger charge is -2.14. The number of rotatable bonds is 6. The molecule has 1 atom stereocenters. The van der Waals surface area contributed by atoms with Crippen molar-refractivity contribution < 1.29 is 14.5 Å². The minimum Gasteiger partial charge on any atom is -0.346 e. The van der Waals surface area contributed by atoms with Crippen molar-refractivity contribution in [2.24, 2.45) is 0 Å². The highest BCUT2D eigenvalue weighted by Crippen LogP contribution is 2.16. The van der Waals surface area contributed by atoms with Crippen LogP contribution in [0.5, 0.6) is 0 Å². The summed E-state index contributed by atoms with van der Waals surface area (Å²) in [5, 5.41) is 16.3. The van der Waals surface area contributed by atoms with E-state index in [4.69, 9.17) is 0 Å². The number of anilines is 1. The minimum atomic E-state index is -0.524. The quantitative estimate of drug-likeness (QED) is 0.484.